The van der Waals surface area contributed by atoms with Gasteiger partial charge in [-0.15, -0.1) is 0 Å². The van der Waals surface area contributed by atoms with Crippen LogP contribution in [-0.2, 0) is 9.53 Å². The van der Waals surface area contributed by atoms with Gasteiger partial charge >= 0.3 is 0 Å². The Hall–Kier alpha value is -1.93. The first-order chi connectivity index (χ1) is 12.7. The second kappa shape index (κ2) is 9.14. The summed E-state index contributed by atoms with van der Waals surface area (Å²) in [5, 5.41) is 5.85. The fraction of sp³-hybridized carbons (Fsp3) is 0.722. The average molecular weight is 364 g/mol. The number of nitrogens with zero attached hydrogens (tertiary/aromatic N) is 2. The van der Waals surface area contributed by atoms with Crippen LogP contribution in [0.5, 0.6) is 0 Å². The third-order valence-corrected chi connectivity index (χ3v) is 5.15. The lowest BCUT2D eigenvalue weighted by Crippen LogP contribution is -2.45. The minimum Gasteiger partial charge on any atom is -0.451 e. The maximum Gasteiger partial charge on any atom is 0.273 e. The van der Waals surface area contributed by atoms with Gasteiger partial charge < -0.3 is 19.8 Å². The maximum atomic E-state index is 12.2. The first kappa shape index (κ1) is 18.8. The lowest BCUT2D eigenvalue weighted by atomic mass is 10.1. The number of amides is 2. The number of carbonyl (C=O) groups excluding carboxylic acids is 2. The molecule has 0 aromatic carbocycles. The van der Waals surface area contributed by atoms with Crippen molar-refractivity contribution in [3.63, 3.8) is 0 Å². The van der Waals surface area contributed by atoms with Gasteiger partial charge in [0.1, 0.15) is 6.26 Å². The molecule has 1 aromatic heterocycles. The molecule has 26 heavy (non-hydrogen) atoms. The molecule has 3 rings (SSSR count). The first-order valence-corrected chi connectivity index (χ1v) is 9.35. The third kappa shape index (κ3) is 5.28. The zero-order chi connectivity index (χ0) is 18.4. The fourth-order valence-corrected chi connectivity index (χ4v) is 3.55. The molecule has 0 spiro atoms. The SMILES string of the molecule is COCCNC(=O)C[C@H]1CC[C@@H](CNC(=O)c2cocn2)N1CC1CC1. The molecule has 1 aliphatic carbocycles. The van der Waals surface area contributed by atoms with Gasteiger partial charge in [0, 0.05) is 45.2 Å². The van der Waals surface area contributed by atoms with Crippen LogP contribution in [0.15, 0.2) is 17.1 Å². The second-order valence-electron chi connectivity index (χ2n) is 7.16. The summed E-state index contributed by atoms with van der Waals surface area (Å²) in [6.45, 7) is 2.65. The summed E-state index contributed by atoms with van der Waals surface area (Å²) in [5.41, 5.74) is 0.297. The van der Waals surface area contributed by atoms with Crippen molar-refractivity contribution in [1.82, 2.24) is 20.5 Å². The van der Waals surface area contributed by atoms with Crippen molar-refractivity contribution >= 4 is 11.8 Å². The summed E-state index contributed by atoms with van der Waals surface area (Å²) >= 11 is 0. The predicted molar refractivity (Wildman–Crippen MR) is 94.6 cm³/mol. The maximum absolute atomic E-state index is 12.2. The van der Waals surface area contributed by atoms with E-state index in [-0.39, 0.29) is 23.9 Å². The van der Waals surface area contributed by atoms with E-state index in [1.165, 1.54) is 25.5 Å². The Morgan fingerprint density at radius 2 is 2.08 bits per heavy atom. The molecule has 2 aliphatic rings. The number of aromatic nitrogens is 1. The van der Waals surface area contributed by atoms with Crippen LogP contribution < -0.4 is 10.6 Å². The van der Waals surface area contributed by atoms with Crippen LogP contribution in [0.2, 0.25) is 0 Å². The molecule has 1 saturated carbocycles. The van der Waals surface area contributed by atoms with Crippen LogP contribution >= 0.6 is 0 Å². The zero-order valence-corrected chi connectivity index (χ0v) is 15.3. The Morgan fingerprint density at radius 3 is 2.77 bits per heavy atom. The van der Waals surface area contributed by atoms with Crippen molar-refractivity contribution < 1.29 is 18.7 Å². The molecule has 2 fully saturated rings. The van der Waals surface area contributed by atoms with Gasteiger partial charge in [0.25, 0.3) is 5.91 Å². The normalized spacial score (nSPS) is 23.1. The van der Waals surface area contributed by atoms with E-state index in [4.69, 9.17) is 9.15 Å². The number of likely N-dealkylation sites (tertiary alicyclic amines) is 1. The van der Waals surface area contributed by atoms with Gasteiger partial charge in [-0.2, -0.15) is 0 Å². The van der Waals surface area contributed by atoms with Crippen LogP contribution in [0.25, 0.3) is 0 Å². The van der Waals surface area contributed by atoms with Gasteiger partial charge in [-0.05, 0) is 31.6 Å². The van der Waals surface area contributed by atoms with Crippen LogP contribution in [0.3, 0.4) is 0 Å². The highest BCUT2D eigenvalue weighted by Crippen LogP contribution is 2.35. The van der Waals surface area contributed by atoms with Crippen molar-refractivity contribution in [3.05, 3.63) is 18.4 Å². The minimum atomic E-state index is -0.217. The topological polar surface area (TPSA) is 96.7 Å². The summed E-state index contributed by atoms with van der Waals surface area (Å²) in [6, 6.07) is 0.510. The summed E-state index contributed by atoms with van der Waals surface area (Å²) in [4.78, 5) is 30.5. The molecular weight excluding hydrogens is 336 g/mol. The molecule has 0 radical (unpaired) electrons. The molecule has 1 aromatic rings. The Balaban J connectivity index is 1.50. The molecule has 1 aliphatic heterocycles. The first-order valence-electron chi connectivity index (χ1n) is 9.35. The van der Waals surface area contributed by atoms with E-state index in [2.05, 4.69) is 20.5 Å². The van der Waals surface area contributed by atoms with Gasteiger partial charge in [0.2, 0.25) is 5.91 Å². The second-order valence-corrected chi connectivity index (χ2v) is 7.16. The molecule has 0 bridgehead atoms. The minimum absolute atomic E-state index is 0.0696. The highest BCUT2D eigenvalue weighted by Gasteiger charge is 2.38. The lowest BCUT2D eigenvalue weighted by Gasteiger charge is -2.30. The van der Waals surface area contributed by atoms with Crippen molar-refractivity contribution in [2.45, 2.75) is 44.2 Å². The molecule has 2 atom stereocenters. The highest BCUT2D eigenvalue weighted by atomic mass is 16.5. The smallest absolute Gasteiger partial charge is 0.273 e. The number of hydrogen-bond donors (Lipinski definition) is 2. The quantitative estimate of drug-likeness (QED) is 0.596. The molecule has 8 heteroatoms. The summed E-state index contributed by atoms with van der Waals surface area (Å²) in [7, 11) is 1.62. The molecule has 144 valence electrons. The summed E-state index contributed by atoms with van der Waals surface area (Å²) in [5.74, 6) is 0.590. The van der Waals surface area contributed by atoms with E-state index in [9.17, 15) is 9.59 Å². The standard InChI is InChI=1S/C18H28N4O4/c1-25-7-6-19-17(23)8-14-4-5-15(22(14)10-13-2-3-13)9-20-18(24)16-11-26-12-21-16/h11-15H,2-10H2,1H3,(H,19,23)(H,20,24)/t14-,15+/m1/s1. The zero-order valence-electron chi connectivity index (χ0n) is 15.3. The monoisotopic (exact) mass is 364 g/mol. The number of oxazole rings is 1. The molecular formula is C18H28N4O4. The number of methoxy groups -OCH3 is 1. The number of ether oxygens (including phenoxy) is 1. The number of nitrogens with one attached hydrogen (secondary N) is 2. The van der Waals surface area contributed by atoms with Crippen molar-refractivity contribution in [1.29, 1.82) is 0 Å². The van der Waals surface area contributed by atoms with Crippen LogP contribution in [0, 0.1) is 5.92 Å². The Kier molecular flexibility index (Phi) is 6.62. The highest BCUT2D eigenvalue weighted by molar-refractivity contribution is 5.91. The molecule has 2 amide bonds. The van der Waals surface area contributed by atoms with Crippen LogP contribution in [0.4, 0.5) is 0 Å². The van der Waals surface area contributed by atoms with E-state index in [1.807, 2.05) is 0 Å². The van der Waals surface area contributed by atoms with Gasteiger partial charge in [-0.3, -0.25) is 14.5 Å². The summed E-state index contributed by atoms with van der Waals surface area (Å²) < 4.78 is 9.82. The van der Waals surface area contributed by atoms with Crippen molar-refractivity contribution in [3.8, 4) is 0 Å². The van der Waals surface area contributed by atoms with Crippen molar-refractivity contribution in [2.24, 2.45) is 5.92 Å². The van der Waals surface area contributed by atoms with Crippen LogP contribution in [0.1, 0.15) is 42.6 Å². The van der Waals surface area contributed by atoms with Gasteiger partial charge in [0.05, 0.1) is 6.61 Å². The average Bonchev–Trinajstić information content (AvgIpc) is 3.13. The predicted octanol–water partition coefficient (Wildman–Crippen LogP) is 0.800. The summed E-state index contributed by atoms with van der Waals surface area (Å²) in [6.07, 6.45) is 7.60. The third-order valence-electron chi connectivity index (χ3n) is 5.15. The molecule has 8 nitrogen and oxygen atoms in total. The van der Waals surface area contributed by atoms with E-state index in [1.54, 1.807) is 7.11 Å². The van der Waals surface area contributed by atoms with E-state index in [0.717, 1.165) is 25.3 Å². The lowest BCUT2D eigenvalue weighted by molar-refractivity contribution is -0.122. The van der Waals surface area contributed by atoms with E-state index < -0.39 is 0 Å². The van der Waals surface area contributed by atoms with E-state index in [0.29, 0.717) is 31.8 Å². The number of hydrogen-bond acceptors (Lipinski definition) is 6. The number of rotatable bonds is 10. The van der Waals surface area contributed by atoms with Gasteiger partial charge in [-0.25, -0.2) is 4.98 Å². The number of carbonyl (C=O) groups is 2. The molecule has 0 unspecified atom stereocenters. The molecule has 2 heterocycles. The molecule has 2 N–H and O–H groups in total. The van der Waals surface area contributed by atoms with Crippen molar-refractivity contribution in [2.75, 3.05) is 33.4 Å². The van der Waals surface area contributed by atoms with Gasteiger partial charge in [-0.1, -0.05) is 0 Å². The Bertz CT molecular complexity index is 588. The largest absolute Gasteiger partial charge is 0.451 e. The Labute approximate surface area is 153 Å². The van der Waals surface area contributed by atoms with Gasteiger partial charge in [0.15, 0.2) is 12.1 Å². The van der Waals surface area contributed by atoms with Crippen LogP contribution in [-0.4, -0.2) is 67.1 Å². The fourth-order valence-electron chi connectivity index (χ4n) is 3.55. The van der Waals surface area contributed by atoms with E-state index >= 15 is 0 Å². The molecule has 1 saturated heterocycles. The Morgan fingerprint density at radius 1 is 1.27 bits per heavy atom.